The minimum absolute atomic E-state index is 0.540. The highest BCUT2D eigenvalue weighted by Crippen LogP contribution is 2.10. The van der Waals surface area contributed by atoms with E-state index in [0.717, 1.165) is 18.7 Å². The summed E-state index contributed by atoms with van der Waals surface area (Å²) in [6.45, 7) is 7.85. The van der Waals surface area contributed by atoms with Gasteiger partial charge in [0.2, 0.25) is 0 Å². The highest BCUT2D eigenvalue weighted by Gasteiger charge is 2.03. The standard InChI is InChI=1S/C13H18ClN/c1-11(8-14)9-15(3)10-13-7-5-4-6-12(13)2/h4-7H,1,8-10H2,2-3H3. The van der Waals surface area contributed by atoms with Crippen molar-refractivity contribution < 1.29 is 0 Å². The summed E-state index contributed by atoms with van der Waals surface area (Å²) >= 11 is 5.70. The Labute approximate surface area is 97.4 Å². The molecule has 0 unspecified atom stereocenters. The highest BCUT2D eigenvalue weighted by atomic mass is 35.5. The Bertz CT molecular complexity index is 333. The Hall–Kier alpha value is -0.790. The average Bonchev–Trinajstić information content (AvgIpc) is 2.21. The molecule has 0 N–H and O–H groups in total. The molecule has 0 saturated heterocycles. The van der Waals surface area contributed by atoms with Crippen LogP contribution in [0, 0.1) is 6.92 Å². The first-order chi connectivity index (χ1) is 7.13. The van der Waals surface area contributed by atoms with Crippen molar-refractivity contribution in [2.45, 2.75) is 13.5 Å². The molecule has 1 rings (SSSR count). The van der Waals surface area contributed by atoms with Crippen LogP contribution in [0.4, 0.5) is 0 Å². The SMILES string of the molecule is C=C(CCl)CN(C)Cc1ccccc1C. The lowest BCUT2D eigenvalue weighted by molar-refractivity contribution is 0.355. The van der Waals surface area contributed by atoms with E-state index in [-0.39, 0.29) is 0 Å². The van der Waals surface area contributed by atoms with Crippen molar-refractivity contribution in [3.63, 3.8) is 0 Å². The van der Waals surface area contributed by atoms with Crippen molar-refractivity contribution >= 4 is 11.6 Å². The summed E-state index contributed by atoms with van der Waals surface area (Å²) in [4.78, 5) is 2.23. The molecule has 0 fully saturated rings. The maximum Gasteiger partial charge on any atom is 0.0443 e. The van der Waals surface area contributed by atoms with E-state index in [4.69, 9.17) is 11.6 Å². The van der Waals surface area contributed by atoms with Crippen LogP contribution in [0.1, 0.15) is 11.1 Å². The number of aryl methyl sites for hydroxylation is 1. The smallest absolute Gasteiger partial charge is 0.0443 e. The minimum Gasteiger partial charge on any atom is -0.298 e. The van der Waals surface area contributed by atoms with E-state index >= 15 is 0 Å². The second kappa shape index (κ2) is 5.94. The van der Waals surface area contributed by atoms with Gasteiger partial charge in [0.05, 0.1) is 0 Å². The van der Waals surface area contributed by atoms with E-state index in [1.54, 1.807) is 0 Å². The van der Waals surface area contributed by atoms with Gasteiger partial charge in [-0.25, -0.2) is 0 Å². The summed E-state index contributed by atoms with van der Waals surface area (Å²) in [6.07, 6.45) is 0. The molecule has 15 heavy (non-hydrogen) atoms. The molecular formula is C13H18ClN. The first-order valence-electron chi connectivity index (χ1n) is 5.09. The molecule has 1 aromatic carbocycles. The zero-order valence-corrected chi connectivity index (χ0v) is 10.2. The molecule has 0 aliphatic carbocycles. The summed E-state index contributed by atoms with van der Waals surface area (Å²) in [6, 6.07) is 8.44. The molecule has 0 spiro atoms. The number of likely N-dealkylation sites (N-methyl/N-ethyl adjacent to an activating group) is 1. The van der Waals surface area contributed by atoms with E-state index in [0.29, 0.717) is 5.88 Å². The van der Waals surface area contributed by atoms with Crippen LogP contribution in [-0.2, 0) is 6.54 Å². The van der Waals surface area contributed by atoms with Gasteiger partial charge in [0.1, 0.15) is 0 Å². The number of halogens is 1. The van der Waals surface area contributed by atoms with Gasteiger partial charge in [-0.05, 0) is 30.7 Å². The quantitative estimate of drug-likeness (QED) is 0.547. The Balaban J connectivity index is 2.55. The van der Waals surface area contributed by atoms with E-state index in [1.165, 1.54) is 11.1 Å². The van der Waals surface area contributed by atoms with E-state index in [9.17, 15) is 0 Å². The number of rotatable bonds is 5. The molecule has 0 aliphatic heterocycles. The fourth-order valence-electron chi connectivity index (χ4n) is 1.56. The van der Waals surface area contributed by atoms with Crippen molar-refractivity contribution in [1.29, 1.82) is 0 Å². The molecule has 1 nitrogen and oxygen atoms in total. The second-order valence-electron chi connectivity index (χ2n) is 3.98. The topological polar surface area (TPSA) is 3.24 Å². The number of benzene rings is 1. The number of nitrogens with zero attached hydrogens (tertiary/aromatic N) is 1. The van der Waals surface area contributed by atoms with Gasteiger partial charge in [-0.1, -0.05) is 30.8 Å². The highest BCUT2D eigenvalue weighted by molar-refractivity contribution is 6.19. The number of alkyl halides is 1. The van der Waals surface area contributed by atoms with Crippen LogP contribution in [0.15, 0.2) is 36.4 Å². The molecular weight excluding hydrogens is 206 g/mol. The predicted octanol–water partition coefficient (Wildman–Crippen LogP) is 3.22. The zero-order valence-electron chi connectivity index (χ0n) is 9.46. The third-order valence-electron chi connectivity index (χ3n) is 2.38. The molecule has 0 bridgehead atoms. The zero-order chi connectivity index (χ0) is 11.3. The molecule has 1 aromatic rings. The first kappa shape index (κ1) is 12.3. The Morgan fingerprint density at radius 2 is 2.07 bits per heavy atom. The Morgan fingerprint density at radius 3 is 2.67 bits per heavy atom. The summed E-state index contributed by atoms with van der Waals surface area (Å²) in [5.41, 5.74) is 3.76. The molecule has 0 aliphatic rings. The van der Waals surface area contributed by atoms with E-state index < -0.39 is 0 Å². The van der Waals surface area contributed by atoms with Crippen LogP contribution in [-0.4, -0.2) is 24.4 Å². The summed E-state index contributed by atoms with van der Waals surface area (Å²) < 4.78 is 0. The van der Waals surface area contributed by atoms with Crippen molar-refractivity contribution in [3.05, 3.63) is 47.5 Å². The molecule has 0 amide bonds. The third kappa shape index (κ3) is 4.06. The molecule has 82 valence electrons. The predicted molar refractivity (Wildman–Crippen MR) is 67.4 cm³/mol. The summed E-state index contributed by atoms with van der Waals surface area (Å²) in [5.74, 6) is 0.540. The summed E-state index contributed by atoms with van der Waals surface area (Å²) in [7, 11) is 2.09. The minimum atomic E-state index is 0.540. The van der Waals surface area contributed by atoms with E-state index in [2.05, 4.69) is 49.7 Å². The van der Waals surface area contributed by atoms with Crippen LogP contribution >= 0.6 is 11.6 Å². The molecule has 2 heteroatoms. The van der Waals surface area contributed by atoms with Gasteiger partial charge in [0.15, 0.2) is 0 Å². The van der Waals surface area contributed by atoms with Crippen molar-refractivity contribution in [2.24, 2.45) is 0 Å². The van der Waals surface area contributed by atoms with Crippen LogP contribution in [0.5, 0.6) is 0 Å². The lowest BCUT2D eigenvalue weighted by Gasteiger charge is -2.18. The van der Waals surface area contributed by atoms with Crippen molar-refractivity contribution in [1.82, 2.24) is 4.90 Å². The Kier molecular flexibility index (Phi) is 4.86. The van der Waals surface area contributed by atoms with E-state index in [1.807, 2.05) is 0 Å². The molecule has 0 radical (unpaired) electrons. The largest absolute Gasteiger partial charge is 0.298 e. The van der Waals surface area contributed by atoms with Gasteiger partial charge in [0, 0.05) is 19.0 Å². The monoisotopic (exact) mass is 223 g/mol. The van der Waals surface area contributed by atoms with Gasteiger partial charge in [-0.2, -0.15) is 0 Å². The van der Waals surface area contributed by atoms with Gasteiger partial charge in [-0.15, -0.1) is 11.6 Å². The van der Waals surface area contributed by atoms with Crippen molar-refractivity contribution in [3.8, 4) is 0 Å². The number of hydrogen-bond acceptors (Lipinski definition) is 1. The first-order valence-corrected chi connectivity index (χ1v) is 5.62. The normalized spacial score (nSPS) is 10.7. The van der Waals surface area contributed by atoms with Crippen LogP contribution in [0.25, 0.3) is 0 Å². The molecule has 0 aromatic heterocycles. The van der Waals surface area contributed by atoms with Crippen molar-refractivity contribution in [2.75, 3.05) is 19.5 Å². The lowest BCUT2D eigenvalue weighted by atomic mass is 10.1. The molecule has 0 saturated carbocycles. The maximum absolute atomic E-state index is 5.70. The third-order valence-corrected chi connectivity index (χ3v) is 2.76. The summed E-state index contributed by atoms with van der Waals surface area (Å²) in [5, 5.41) is 0. The molecule has 0 heterocycles. The lowest BCUT2D eigenvalue weighted by Crippen LogP contribution is -2.21. The number of hydrogen-bond donors (Lipinski definition) is 0. The van der Waals surface area contributed by atoms with Crippen LogP contribution in [0.3, 0.4) is 0 Å². The van der Waals surface area contributed by atoms with Gasteiger partial charge in [0.25, 0.3) is 0 Å². The molecule has 0 atom stereocenters. The maximum atomic E-state index is 5.70. The van der Waals surface area contributed by atoms with Crippen LogP contribution < -0.4 is 0 Å². The van der Waals surface area contributed by atoms with Crippen LogP contribution in [0.2, 0.25) is 0 Å². The fourth-order valence-corrected chi connectivity index (χ4v) is 1.64. The fraction of sp³-hybridized carbons (Fsp3) is 0.385. The van der Waals surface area contributed by atoms with Gasteiger partial charge >= 0.3 is 0 Å². The Morgan fingerprint density at radius 1 is 1.40 bits per heavy atom. The second-order valence-corrected chi connectivity index (χ2v) is 4.25. The van der Waals surface area contributed by atoms with Gasteiger partial charge in [-0.3, -0.25) is 4.90 Å². The average molecular weight is 224 g/mol. The van der Waals surface area contributed by atoms with Gasteiger partial charge < -0.3 is 0 Å².